The number of pyridine rings is 1. The Morgan fingerprint density at radius 3 is 2.38 bits per heavy atom. The van der Waals surface area contributed by atoms with Crippen LogP contribution in [0.3, 0.4) is 0 Å². The lowest BCUT2D eigenvalue weighted by Gasteiger charge is -2.18. The molecule has 12 heteroatoms. The Labute approximate surface area is 182 Å². The largest absolute Gasteiger partial charge is 0.452 e. The van der Waals surface area contributed by atoms with Crippen LogP contribution in [0.5, 0.6) is 0 Å². The maximum absolute atomic E-state index is 12.5. The van der Waals surface area contributed by atoms with Gasteiger partial charge in [0.05, 0.1) is 14.9 Å². The number of nitrogens with zero attached hydrogens (tertiary/aromatic N) is 2. The SMILES string of the molecule is C[C@H](OC(=O)CN(C)S(=O)(=O)c1ccc(Cl)cc1)C(=O)Nc1ncc(Cl)cc1Cl. The number of benzene rings is 1. The number of aromatic nitrogens is 1. The smallest absolute Gasteiger partial charge is 0.322 e. The lowest BCUT2D eigenvalue weighted by molar-refractivity contribution is -0.153. The molecule has 1 aromatic heterocycles. The van der Waals surface area contributed by atoms with E-state index in [0.717, 1.165) is 4.31 Å². The molecule has 0 radical (unpaired) electrons. The summed E-state index contributed by atoms with van der Waals surface area (Å²) in [6.07, 6.45) is 0.0683. The second-order valence-corrected chi connectivity index (χ2v) is 9.15. The van der Waals surface area contributed by atoms with E-state index in [1.165, 1.54) is 50.5 Å². The highest BCUT2D eigenvalue weighted by molar-refractivity contribution is 7.89. The number of nitrogens with one attached hydrogen (secondary N) is 1. The van der Waals surface area contributed by atoms with Crippen molar-refractivity contribution in [1.82, 2.24) is 9.29 Å². The number of amides is 1. The molecule has 0 saturated carbocycles. The predicted octanol–water partition coefficient (Wildman–Crippen LogP) is 3.23. The third-order valence-corrected chi connectivity index (χ3v) is 6.16. The first-order chi connectivity index (χ1) is 13.5. The molecule has 0 unspecified atom stereocenters. The molecule has 0 bridgehead atoms. The van der Waals surface area contributed by atoms with Crippen molar-refractivity contribution in [2.75, 3.05) is 18.9 Å². The van der Waals surface area contributed by atoms with Gasteiger partial charge in [0.1, 0.15) is 6.54 Å². The fourth-order valence-electron chi connectivity index (χ4n) is 2.07. The number of hydrogen-bond acceptors (Lipinski definition) is 6. The molecule has 2 aromatic rings. The first-order valence-corrected chi connectivity index (χ1v) is 10.6. The van der Waals surface area contributed by atoms with Gasteiger partial charge in [-0.3, -0.25) is 9.59 Å². The van der Waals surface area contributed by atoms with Gasteiger partial charge in [-0.15, -0.1) is 0 Å². The van der Waals surface area contributed by atoms with Gasteiger partial charge in [-0.1, -0.05) is 34.8 Å². The van der Waals surface area contributed by atoms with Crippen molar-refractivity contribution in [3.05, 3.63) is 51.6 Å². The van der Waals surface area contributed by atoms with Crippen LogP contribution in [-0.2, 0) is 24.3 Å². The summed E-state index contributed by atoms with van der Waals surface area (Å²) in [6.45, 7) is 0.729. The van der Waals surface area contributed by atoms with E-state index in [2.05, 4.69) is 10.3 Å². The van der Waals surface area contributed by atoms with E-state index in [4.69, 9.17) is 39.5 Å². The molecule has 1 aromatic carbocycles. The van der Waals surface area contributed by atoms with E-state index >= 15 is 0 Å². The van der Waals surface area contributed by atoms with Crippen molar-refractivity contribution in [3.63, 3.8) is 0 Å². The van der Waals surface area contributed by atoms with Crippen LogP contribution in [0.15, 0.2) is 41.4 Å². The molecule has 0 spiro atoms. The van der Waals surface area contributed by atoms with Gasteiger partial charge in [-0.05, 0) is 37.3 Å². The third-order valence-electron chi connectivity index (χ3n) is 3.60. The van der Waals surface area contributed by atoms with Crippen molar-refractivity contribution >= 4 is 62.5 Å². The van der Waals surface area contributed by atoms with Crippen LogP contribution in [-0.4, -0.2) is 49.3 Å². The summed E-state index contributed by atoms with van der Waals surface area (Å²) < 4.78 is 30.7. The molecule has 1 amide bonds. The van der Waals surface area contributed by atoms with Crippen molar-refractivity contribution < 1.29 is 22.7 Å². The number of carbonyl (C=O) groups excluding carboxylic acids is 2. The van der Waals surface area contributed by atoms with E-state index in [9.17, 15) is 18.0 Å². The van der Waals surface area contributed by atoms with Gasteiger partial charge in [0.2, 0.25) is 10.0 Å². The Kier molecular flexibility index (Phi) is 7.84. The topological polar surface area (TPSA) is 106 Å². The first-order valence-electron chi connectivity index (χ1n) is 8.04. The van der Waals surface area contributed by atoms with Crippen molar-refractivity contribution in [2.24, 2.45) is 0 Å². The predicted molar refractivity (Wildman–Crippen MR) is 110 cm³/mol. The second-order valence-electron chi connectivity index (χ2n) is 5.82. The van der Waals surface area contributed by atoms with Crippen LogP contribution >= 0.6 is 34.8 Å². The minimum Gasteiger partial charge on any atom is -0.452 e. The normalized spacial score (nSPS) is 12.5. The third kappa shape index (κ3) is 6.28. The van der Waals surface area contributed by atoms with Crippen LogP contribution in [0.2, 0.25) is 15.1 Å². The van der Waals surface area contributed by atoms with E-state index < -0.39 is 34.5 Å². The Morgan fingerprint density at radius 2 is 1.79 bits per heavy atom. The second kappa shape index (κ2) is 9.73. The molecule has 1 atom stereocenters. The number of anilines is 1. The van der Waals surface area contributed by atoms with Crippen molar-refractivity contribution in [1.29, 1.82) is 0 Å². The molecule has 0 aliphatic rings. The van der Waals surface area contributed by atoms with Gasteiger partial charge in [-0.25, -0.2) is 13.4 Å². The Morgan fingerprint density at radius 1 is 1.17 bits per heavy atom. The average molecular weight is 481 g/mol. The minimum atomic E-state index is -3.93. The molecule has 8 nitrogen and oxygen atoms in total. The summed E-state index contributed by atoms with van der Waals surface area (Å²) in [4.78, 5) is 28.1. The number of carbonyl (C=O) groups is 2. The molecule has 0 aliphatic heterocycles. The molecule has 1 heterocycles. The zero-order valence-corrected chi connectivity index (χ0v) is 18.3. The van der Waals surface area contributed by atoms with Gasteiger partial charge in [0.15, 0.2) is 11.9 Å². The fraction of sp³-hybridized carbons (Fsp3) is 0.235. The molecule has 0 saturated heterocycles. The summed E-state index contributed by atoms with van der Waals surface area (Å²) in [6, 6.07) is 6.86. The molecule has 0 fully saturated rings. The molecule has 2 rings (SSSR count). The van der Waals surface area contributed by atoms with E-state index in [1.54, 1.807) is 0 Å². The van der Waals surface area contributed by atoms with Gasteiger partial charge < -0.3 is 10.1 Å². The zero-order valence-electron chi connectivity index (χ0n) is 15.2. The summed E-state index contributed by atoms with van der Waals surface area (Å²) in [7, 11) is -2.72. The Hall–Kier alpha value is -1.91. The monoisotopic (exact) mass is 479 g/mol. The van der Waals surface area contributed by atoms with E-state index in [0.29, 0.717) is 5.02 Å². The van der Waals surface area contributed by atoms with Crippen LogP contribution in [0.25, 0.3) is 0 Å². The van der Waals surface area contributed by atoms with E-state index in [1.807, 2.05) is 0 Å². The lowest BCUT2D eigenvalue weighted by atomic mass is 10.3. The number of rotatable bonds is 7. The number of hydrogen-bond donors (Lipinski definition) is 1. The zero-order chi connectivity index (χ0) is 21.8. The summed E-state index contributed by atoms with van der Waals surface area (Å²) >= 11 is 17.4. The van der Waals surface area contributed by atoms with Crippen LogP contribution in [0, 0.1) is 0 Å². The average Bonchev–Trinajstić information content (AvgIpc) is 2.64. The summed E-state index contributed by atoms with van der Waals surface area (Å²) in [5.41, 5.74) is 0. The van der Waals surface area contributed by atoms with Crippen LogP contribution in [0.1, 0.15) is 6.92 Å². The highest BCUT2D eigenvalue weighted by Crippen LogP contribution is 2.23. The number of ether oxygens (including phenoxy) is 1. The number of halogens is 3. The molecule has 156 valence electrons. The first kappa shape index (κ1) is 23.4. The van der Waals surface area contributed by atoms with Crippen molar-refractivity contribution in [2.45, 2.75) is 17.9 Å². The molecule has 1 N–H and O–H groups in total. The van der Waals surface area contributed by atoms with Gasteiger partial charge in [-0.2, -0.15) is 4.31 Å². The molecular weight excluding hydrogens is 465 g/mol. The molecule has 29 heavy (non-hydrogen) atoms. The Bertz CT molecular complexity index is 1020. The standard InChI is InChI=1S/C17H16Cl3N3O5S/c1-10(17(25)22-16-14(20)7-12(19)8-21-16)28-15(24)9-23(2)29(26,27)13-5-3-11(18)4-6-13/h3-8,10H,9H2,1-2H3,(H,21,22,25)/t10-/m0/s1. The Balaban J connectivity index is 1.96. The van der Waals surface area contributed by atoms with Crippen LogP contribution in [0.4, 0.5) is 5.82 Å². The van der Waals surface area contributed by atoms with Crippen LogP contribution < -0.4 is 5.32 Å². The number of sulfonamides is 1. The number of esters is 1. The van der Waals surface area contributed by atoms with Gasteiger partial charge in [0.25, 0.3) is 5.91 Å². The summed E-state index contributed by atoms with van der Waals surface area (Å²) in [5, 5.41) is 3.17. The number of likely N-dealkylation sites (N-methyl/N-ethyl adjacent to an activating group) is 1. The highest BCUT2D eigenvalue weighted by atomic mass is 35.5. The quantitative estimate of drug-likeness (QED) is 0.610. The minimum absolute atomic E-state index is 0.0357. The molecule has 0 aliphatic carbocycles. The van der Waals surface area contributed by atoms with Gasteiger partial charge >= 0.3 is 5.97 Å². The van der Waals surface area contributed by atoms with Gasteiger partial charge in [0, 0.05) is 18.3 Å². The maximum atomic E-state index is 12.5. The van der Waals surface area contributed by atoms with Crippen molar-refractivity contribution in [3.8, 4) is 0 Å². The highest BCUT2D eigenvalue weighted by Gasteiger charge is 2.26. The van der Waals surface area contributed by atoms with E-state index in [-0.39, 0.29) is 20.8 Å². The summed E-state index contributed by atoms with van der Waals surface area (Å²) in [5.74, 6) is -1.56. The maximum Gasteiger partial charge on any atom is 0.322 e. The lowest BCUT2D eigenvalue weighted by Crippen LogP contribution is -2.37. The molecular formula is C17H16Cl3N3O5S. The fourth-order valence-corrected chi connectivity index (χ4v) is 3.73.